The van der Waals surface area contributed by atoms with Gasteiger partial charge in [-0.2, -0.15) is 26.3 Å². The molecule has 0 amide bonds. The summed E-state index contributed by atoms with van der Waals surface area (Å²) in [5.74, 6) is -1.07. The summed E-state index contributed by atoms with van der Waals surface area (Å²) in [6.07, 6.45) is -4.17. The maximum atomic E-state index is 14.0. The summed E-state index contributed by atoms with van der Waals surface area (Å²) >= 11 is 0. The molecule has 0 aromatic heterocycles. The quantitative estimate of drug-likeness (QED) is 0.448. The van der Waals surface area contributed by atoms with Crippen molar-refractivity contribution >= 4 is 0 Å². The van der Waals surface area contributed by atoms with E-state index in [-0.39, 0.29) is 0 Å². The molecule has 1 aliphatic rings. The molecule has 0 N–H and O–H groups in total. The van der Waals surface area contributed by atoms with Gasteiger partial charge in [0.25, 0.3) is 0 Å². The van der Waals surface area contributed by atoms with Gasteiger partial charge in [0, 0.05) is 11.1 Å². The highest BCUT2D eigenvalue weighted by atomic mass is 19.4. The van der Waals surface area contributed by atoms with Gasteiger partial charge in [-0.1, -0.05) is 50.8 Å². The molecule has 152 valence electrons. The van der Waals surface area contributed by atoms with Gasteiger partial charge in [-0.25, -0.2) is 0 Å². The van der Waals surface area contributed by atoms with Crippen molar-refractivity contribution in [1.82, 2.24) is 0 Å². The lowest BCUT2D eigenvalue weighted by Gasteiger charge is -2.44. The molecular weight excluding hydrogens is 370 g/mol. The van der Waals surface area contributed by atoms with Crippen LogP contribution in [-0.4, -0.2) is 12.4 Å². The molecule has 0 aliphatic carbocycles. The van der Waals surface area contributed by atoms with E-state index >= 15 is 0 Å². The van der Waals surface area contributed by atoms with E-state index in [0.717, 1.165) is 43.4 Å². The number of halogens is 6. The molecule has 1 aliphatic heterocycles. The molecule has 0 saturated carbocycles. The lowest BCUT2D eigenvalue weighted by Crippen LogP contribution is -2.54. The third-order valence-corrected chi connectivity index (χ3v) is 3.62. The summed E-state index contributed by atoms with van der Waals surface area (Å²) in [7, 11) is 0. The van der Waals surface area contributed by atoms with E-state index in [9.17, 15) is 26.3 Å². The molecule has 0 unspecified atom stereocenters. The zero-order chi connectivity index (χ0) is 21.5. The van der Waals surface area contributed by atoms with Crippen LogP contribution in [0.3, 0.4) is 0 Å². The number of allylic oxidation sites excluding steroid dienone is 9. The van der Waals surface area contributed by atoms with Crippen molar-refractivity contribution < 1.29 is 31.1 Å². The van der Waals surface area contributed by atoms with Gasteiger partial charge in [-0.3, -0.25) is 0 Å². The van der Waals surface area contributed by atoms with Crippen LogP contribution in [0.25, 0.3) is 0 Å². The van der Waals surface area contributed by atoms with Gasteiger partial charge in [0.15, 0.2) is 0 Å². The zero-order valence-corrected chi connectivity index (χ0v) is 15.9. The number of hydrogen-bond donors (Lipinski definition) is 0. The number of ether oxygens (including phenoxy) is 1. The highest BCUT2D eigenvalue weighted by Gasteiger charge is 2.76. The van der Waals surface area contributed by atoms with Crippen LogP contribution in [0, 0.1) is 5.41 Å². The predicted molar refractivity (Wildman–Crippen MR) is 95.7 cm³/mol. The van der Waals surface area contributed by atoms with Gasteiger partial charge in [-0.15, -0.1) is 0 Å². The first-order valence-electron chi connectivity index (χ1n) is 8.34. The second-order valence-electron chi connectivity index (χ2n) is 5.09. The fourth-order valence-corrected chi connectivity index (χ4v) is 2.75. The summed E-state index contributed by atoms with van der Waals surface area (Å²) in [5, 5.41) is 0. The first kappa shape index (κ1) is 24.8. The third-order valence-electron chi connectivity index (χ3n) is 3.62. The van der Waals surface area contributed by atoms with Crippen molar-refractivity contribution in [3.63, 3.8) is 0 Å². The van der Waals surface area contributed by atoms with E-state index in [2.05, 4.69) is 6.58 Å². The minimum atomic E-state index is -5.64. The molecule has 1 heterocycles. The lowest BCUT2D eigenvalue weighted by molar-refractivity contribution is -0.312. The molecule has 0 bridgehead atoms. The third kappa shape index (κ3) is 4.39. The second-order valence-corrected chi connectivity index (χ2v) is 5.09. The normalized spacial score (nSPS) is 20.9. The number of hydrogen-bond acceptors (Lipinski definition) is 1. The maximum absolute atomic E-state index is 14.0. The van der Waals surface area contributed by atoms with Crippen molar-refractivity contribution in [3.8, 4) is 0 Å². The Bertz CT molecular complexity index is 656. The lowest BCUT2D eigenvalue weighted by atomic mass is 9.68. The number of alkyl halides is 6. The fraction of sp³-hybridized carbons (Fsp3) is 0.400. The first-order valence-corrected chi connectivity index (χ1v) is 8.34. The summed E-state index contributed by atoms with van der Waals surface area (Å²) in [4.78, 5) is 0. The molecule has 7 heteroatoms. The van der Waals surface area contributed by atoms with E-state index in [1.807, 2.05) is 13.8 Å². The van der Waals surface area contributed by atoms with E-state index < -0.39 is 40.4 Å². The molecule has 0 atom stereocenters. The van der Waals surface area contributed by atoms with Gasteiger partial charge < -0.3 is 4.74 Å². The minimum Gasteiger partial charge on any atom is -0.457 e. The first-order chi connectivity index (χ1) is 12.5. The monoisotopic (exact) mass is 394 g/mol. The SMILES string of the molecule is C=C/C=C1/OC(/C=C\C)=C(/C=C\C)C(C(F)(F)F)(C(F)(F)F)/C1=C/C.CC. The Labute approximate surface area is 156 Å². The van der Waals surface area contributed by atoms with Gasteiger partial charge in [0.05, 0.1) is 0 Å². The average molecular weight is 394 g/mol. The molecule has 0 aromatic rings. The Morgan fingerprint density at radius 3 is 1.70 bits per heavy atom. The van der Waals surface area contributed by atoms with Crippen LogP contribution in [0.4, 0.5) is 26.3 Å². The van der Waals surface area contributed by atoms with Crippen molar-refractivity contribution in [2.24, 2.45) is 5.41 Å². The van der Waals surface area contributed by atoms with Crippen molar-refractivity contribution in [2.75, 3.05) is 0 Å². The topological polar surface area (TPSA) is 9.23 Å². The standard InChI is InChI=1S/C18H18F6O.C2H6/c1-5-9-13-15(11-7-3)25-14(10-6-2)12(8-4)16(13,17(19,20)21)18(22,23)24;1-2/h5-11H,2H2,1,3-4H3;1-2H3/b9-5-,11-7-,12-8+,14-10+;. The Morgan fingerprint density at radius 1 is 0.889 bits per heavy atom. The van der Waals surface area contributed by atoms with Crippen LogP contribution in [0.15, 0.2) is 71.8 Å². The molecule has 27 heavy (non-hydrogen) atoms. The Hall–Kier alpha value is -2.18. The largest absolute Gasteiger partial charge is 0.457 e. The van der Waals surface area contributed by atoms with Crippen LogP contribution in [0.1, 0.15) is 34.6 Å². The summed E-state index contributed by atoms with van der Waals surface area (Å²) in [6, 6.07) is 0. The van der Waals surface area contributed by atoms with Gasteiger partial charge in [0.1, 0.15) is 11.5 Å². The van der Waals surface area contributed by atoms with Crippen LogP contribution in [0.5, 0.6) is 0 Å². The van der Waals surface area contributed by atoms with E-state index in [1.165, 1.54) is 19.9 Å². The van der Waals surface area contributed by atoms with Crippen molar-refractivity contribution in [1.29, 1.82) is 0 Å². The van der Waals surface area contributed by atoms with E-state index in [0.29, 0.717) is 0 Å². The van der Waals surface area contributed by atoms with Crippen LogP contribution in [-0.2, 0) is 4.74 Å². The van der Waals surface area contributed by atoms with E-state index in [4.69, 9.17) is 4.74 Å². The highest BCUT2D eigenvalue weighted by molar-refractivity contribution is 5.55. The molecule has 1 nitrogen and oxygen atoms in total. The molecule has 0 saturated heterocycles. The summed E-state index contributed by atoms with van der Waals surface area (Å²) in [6.45, 7) is 11.2. The predicted octanol–water partition coefficient (Wildman–Crippen LogP) is 7.58. The fourth-order valence-electron chi connectivity index (χ4n) is 2.75. The van der Waals surface area contributed by atoms with Crippen LogP contribution in [0.2, 0.25) is 0 Å². The van der Waals surface area contributed by atoms with Crippen molar-refractivity contribution in [2.45, 2.75) is 47.0 Å². The zero-order valence-electron chi connectivity index (χ0n) is 15.9. The summed E-state index contributed by atoms with van der Waals surface area (Å²) in [5.41, 5.74) is -6.24. The molecule has 0 radical (unpaired) electrons. The second kappa shape index (κ2) is 9.67. The smallest absolute Gasteiger partial charge is 0.411 e. The Morgan fingerprint density at radius 2 is 1.37 bits per heavy atom. The molecular formula is C20H24F6O. The van der Waals surface area contributed by atoms with Crippen LogP contribution >= 0.6 is 0 Å². The summed E-state index contributed by atoms with van der Waals surface area (Å²) < 4.78 is 89.2. The average Bonchev–Trinajstić information content (AvgIpc) is 2.56. The van der Waals surface area contributed by atoms with E-state index in [1.54, 1.807) is 0 Å². The molecule has 0 fully saturated rings. The van der Waals surface area contributed by atoms with Crippen molar-refractivity contribution in [3.05, 3.63) is 71.8 Å². The number of rotatable bonds is 3. The minimum absolute atomic E-state index is 0.519. The Balaban J connectivity index is 0.00000326. The van der Waals surface area contributed by atoms with Gasteiger partial charge >= 0.3 is 12.4 Å². The van der Waals surface area contributed by atoms with Gasteiger partial charge in [0.2, 0.25) is 5.41 Å². The molecule has 0 spiro atoms. The van der Waals surface area contributed by atoms with Crippen LogP contribution < -0.4 is 0 Å². The highest BCUT2D eigenvalue weighted by Crippen LogP contribution is 2.63. The Kier molecular flexibility index (Phi) is 8.89. The molecule has 1 rings (SSSR count). The van der Waals surface area contributed by atoms with Gasteiger partial charge in [-0.05, 0) is 32.9 Å². The maximum Gasteiger partial charge on any atom is 0.411 e. The molecule has 0 aromatic carbocycles.